The van der Waals surface area contributed by atoms with Crippen LogP contribution >= 0.6 is 15.9 Å². The van der Waals surface area contributed by atoms with Gasteiger partial charge in [-0.3, -0.25) is 4.90 Å². The molecule has 0 bridgehead atoms. The average molecular weight is 315 g/mol. The molecule has 0 saturated carbocycles. The molecule has 1 saturated heterocycles. The molecule has 2 N–H and O–H groups in total. The van der Waals surface area contributed by atoms with Crippen molar-refractivity contribution >= 4 is 15.9 Å². The fraction of sp³-hybridized carbons (Fsp3) is 0.571. The highest BCUT2D eigenvalue weighted by atomic mass is 79.9. The summed E-state index contributed by atoms with van der Waals surface area (Å²) >= 11 is 3.24. The van der Waals surface area contributed by atoms with Crippen LogP contribution in [0.1, 0.15) is 31.9 Å². The quantitative estimate of drug-likeness (QED) is 0.927. The zero-order valence-corrected chi connectivity index (χ0v) is 12.5. The van der Waals surface area contributed by atoms with E-state index in [0.717, 1.165) is 25.1 Å². The largest absolute Gasteiger partial charge is 0.328 e. The van der Waals surface area contributed by atoms with Crippen molar-refractivity contribution in [3.63, 3.8) is 0 Å². The van der Waals surface area contributed by atoms with Crippen LogP contribution in [-0.2, 0) is 0 Å². The van der Waals surface area contributed by atoms with Gasteiger partial charge < -0.3 is 5.73 Å². The van der Waals surface area contributed by atoms with E-state index in [0.29, 0.717) is 16.4 Å². The number of rotatable bonds is 3. The number of hydrogen-bond donors (Lipinski definition) is 1. The summed E-state index contributed by atoms with van der Waals surface area (Å²) in [5, 5.41) is 0. The minimum Gasteiger partial charge on any atom is -0.328 e. The van der Waals surface area contributed by atoms with Gasteiger partial charge in [0.25, 0.3) is 0 Å². The zero-order chi connectivity index (χ0) is 13.3. The number of benzene rings is 1. The van der Waals surface area contributed by atoms with Crippen LogP contribution in [0, 0.1) is 11.7 Å². The van der Waals surface area contributed by atoms with Gasteiger partial charge in [-0.15, -0.1) is 0 Å². The van der Waals surface area contributed by atoms with Crippen LogP contribution in [-0.4, -0.2) is 24.0 Å². The topological polar surface area (TPSA) is 29.3 Å². The number of likely N-dealkylation sites (tertiary alicyclic amines) is 1. The third kappa shape index (κ3) is 2.92. The van der Waals surface area contributed by atoms with Gasteiger partial charge in [0.05, 0.1) is 4.47 Å². The Balaban J connectivity index is 2.07. The lowest BCUT2D eigenvalue weighted by molar-refractivity contribution is 0.248. The molecule has 1 fully saturated rings. The Bertz CT molecular complexity index is 422. The van der Waals surface area contributed by atoms with E-state index in [1.54, 1.807) is 0 Å². The summed E-state index contributed by atoms with van der Waals surface area (Å²) in [6.07, 6.45) is 1.16. The molecular weight excluding hydrogens is 295 g/mol. The molecule has 0 aliphatic carbocycles. The summed E-state index contributed by atoms with van der Waals surface area (Å²) in [6.45, 7) is 6.35. The lowest BCUT2D eigenvalue weighted by Gasteiger charge is -2.25. The molecule has 3 unspecified atom stereocenters. The highest BCUT2D eigenvalue weighted by Gasteiger charge is 2.28. The van der Waals surface area contributed by atoms with Crippen molar-refractivity contribution in [2.45, 2.75) is 32.4 Å². The van der Waals surface area contributed by atoms with Crippen LogP contribution in [0.3, 0.4) is 0 Å². The van der Waals surface area contributed by atoms with Crippen LogP contribution in [0.2, 0.25) is 0 Å². The zero-order valence-electron chi connectivity index (χ0n) is 10.9. The predicted molar refractivity (Wildman–Crippen MR) is 75.8 cm³/mol. The molecule has 0 aromatic heterocycles. The minimum absolute atomic E-state index is 0.208. The highest BCUT2D eigenvalue weighted by molar-refractivity contribution is 9.10. The fourth-order valence-corrected chi connectivity index (χ4v) is 2.98. The Morgan fingerprint density at radius 2 is 2.17 bits per heavy atom. The maximum Gasteiger partial charge on any atom is 0.137 e. The predicted octanol–water partition coefficient (Wildman–Crippen LogP) is 3.32. The molecule has 2 nitrogen and oxygen atoms in total. The van der Waals surface area contributed by atoms with Crippen LogP contribution in [0.15, 0.2) is 22.7 Å². The maximum atomic E-state index is 13.2. The van der Waals surface area contributed by atoms with Crippen molar-refractivity contribution in [3.8, 4) is 0 Å². The van der Waals surface area contributed by atoms with Crippen LogP contribution in [0.5, 0.6) is 0 Å². The van der Waals surface area contributed by atoms with E-state index in [9.17, 15) is 4.39 Å². The molecule has 0 radical (unpaired) electrons. The second-order valence-corrected chi connectivity index (χ2v) is 6.11. The van der Waals surface area contributed by atoms with Crippen LogP contribution < -0.4 is 5.73 Å². The van der Waals surface area contributed by atoms with E-state index in [2.05, 4.69) is 34.7 Å². The Morgan fingerprint density at radius 1 is 1.44 bits per heavy atom. The van der Waals surface area contributed by atoms with E-state index in [4.69, 9.17) is 5.73 Å². The highest BCUT2D eigenvalue weighted by Crippen LogP contribution is 2.30. The second-order valence-electron chi connectivity index (χ2n) is 5.25. The van der Waals surface area contributed by atoms with Gasteiger partial charge in [0.1, 0.15) is 5.82 Å². The van der Waals surface area contributed by atoms with E-state index < -0.39 is 0 Å². The van der Waals surface area contributed by atoms with Gasteiger partial charge in [-0.05, 0) is 66.4 Å². The van der Waals surface area contributed by atoms with Crippen molar-refractivity contribution in [2.24, 2.45) is 11.7 Å². The minimum atomic E-state index is -0.208. The Kier molecular flexibility index (Phi) is 4.41. The number of hydrogen-bond acceptors (Lipinski definition) is 2. The molecule has 100 valence electrons. The van der Waals surface area contributed by atoms with Gasteiger partial charge in [0.15, 0.2) is 0 Å². The second kappa shape index (κ2) is 5.68. The van der Waals surface area contributed by atoms with E-state index >= 15 is 0 Å². The summed E-state index contributed by atoms with van der Waals surface area (Å²) in [5.74, 6) is 0.372. The summed E-state index contributed by atoms with van der Waals surface area (Å²) in [7, 11) is 0. The van der Waals surface area contributed by atoms with Gasteiger partial charge in [0.2, 0.25) is 0 Å². The molecule has 1 heterocycles. The lowest BCUT2D eigenvalue weighted by atomic mass is 10.0. The van der Waals surface area contributed by atoms with Crippen LogP contribution in [0.25, 0.3) is 0 Å². The van der Waals surface area contributed by atoms with E-state index in [1.165, 1.54) is 6.07 Å². The van der Waals surface area contributed by atoms with E-state index in [-0.39, 0.29) is 11.9 Å². The van der Waals surface area contributed by atoms with Gasteiger partial charge in [-0.25, -0.2) is 4.39 Å². The SMILES string of the molecule is CC(N)C1CCN(C(C)c2ccc(F)c(Br)c2)C1. The molecular formula is C14H20BrFN2. The normalized spacial score (nSPS) is 24.2. The van der Waals surface area contributed by atoms with Crippen molar-refractivity contribution < 1.29 is 4.39 Å². The van der Waals surface area contributed by atoms with Gasteiger partial charge >= 0.3 is 0 Å². The van der Waals surface area contributed by atoms with Crippen molar-refractivity contribution in [2.75, 3.05) is 13.1 Å². The summed E-state index contributed by atoms with van der Waals surface area (Å²) < 4.78 is 13.8. The Hall–Kier alpha value is -0.450. The van der Waals surface area contributed by atoms with Gasteiger partial charge in [-0.1, -0.05) is 6.07 Å². The smallest absolute Gasteiger partial charge is 0.137 e. The molecule has 3 atom stereocenters. The van der Waals surface area contributed by atoms with Crippen molar-refractivity contribution in [1.82, 2.24) is 4.90 Å². The summed E-state index contributed by atoms with van der Waals surface area (Å²) in [5.41, 5.74) is 7.11. The van der Waals surface area contributed by atoms with Gasteiger partial charge in [-0.2, -0.15) is 0 Å². The van der Waals surface area contributed by atoms with Crippen LogP contribution in [0.4, 0.5) is 4.39 Å². The Morgan fingerprint density at radius 3 is 2.72 bits per heavy atom. The first-order valence-corrected chi connectivity index (χ1v) is 7.23. The third-order valence-electron chi connectivity index (χ3n) is 3.97. The molecule has 1 aliphatic rings. The number of halogens is 2. The molecule has 2 rings (SSSR count). The molecule has 0 spiro atoms. The first kappa shape index (κ1) is 14.0. The first-order valence-electron chi connectivity index (χ1n) is 6.43. The lowest BCUT2D eigenvalue weighted by Crippen LogP contribution is -2.31. The summed E-state index contributed by atoms with van der Waals surface area (Å²) in [4.78, 5) is 2.42. The average Bonchev–Trinajstić information content (AvgIpc) is 2.81. The number of nitrogens with zero attached hydrogens (tertiary/aromatic N) is 1. The first-order chi connectivity index (χ1) is 8.49. The Labute approximate surface area is 116 Å². The van der Waals surface area contributed by atoms with E-state index in [1.807, 2.05) is 12.1 Å². The standard InChI is InChI=1S/C14H20BrFN2/c1-9(17)12-5-6-18(8-12)10(2)11-3-4-14(16)13(15)7-11/h3-4,7,9-10,12H,5-6,8,17H2,1-2H3. The third-order valence-corrected chi connectivity index (χ3v) is 4.58. The molecule has 18 heavy (non-hydrogen) atoms. The van der Waals surface area contributed by atoms with Gasteiger partial charge in [0, 0.05) is 18.6 Å². The number of nitrogens with two attached hydrogens (primary N) is 1. The van der Waals surface area contributed by atoms with Crippen molar-refractivity contribution in [3.05, 3.63) is 34.1 Å². The van der Waals surface area contributed by atoms with Crippen molar-refractivity contribution in [1.29, 1.82) is 0 Å². The molecule has 1 aromatic carbocycles. The molecule has 1 aromatic rings. The summed E-state index contributed by atoms with van der Waals surface area (Å²) in [6, 6.07) is 5.82. The molecule has 4 heteroatoms. The monoisotopic (exact) mass is 314 g/mol. The fourth-order valence-electron chi connectivity index (χ4n) is 2.58. The maximum absolute atomic E-state index is 13.2. The molecule has 1 aliphatic heterocycles. The molecule has 0 amide bonds.